The molecule has 0 saturated heterocycles. The smallest absolute Gasteiger partial charge is 0.487 e. The molecule has 2 rings (SSSR count). The normalized spacial score (nSPS) is 19.6. The fourth-order valence-corrected chi connectivity index (χ4v) is 5.62. The first kappa shape index (κ1) is 29.2. The molecular formula is C28H49O5P. The monoisotopic (exact) mass is 496 g/mol. The summed E-state index contributed by atoms with van der Waals surface area (Å²) in [6.45, 7) is 12.7. The molecule has 1 aromatic rings. The van der Waals surface area contributed by atoms with Crippen molar-refractivity contribution < 1.29 is 23.2 Å². The van der Waals surface area contributed by atoms with Gasteiger partial charge < -0.3 is 9.26 Å². The van der Waals surface area contributed by atoms with Gasteiger partial charge in [0.25, 0.3) is 0 Å². The molecule has 0 aromatic heterocycles. The van der Waals surface area contributed by atoms with Crippen LogP contribution in [0.15, 0.2) is 0 Å². The van der Waals surface area contributed by atoms with E-state index in [1.54, 1.807) is 0 Å². The average molecular weight is 497 g/mol. The molecule has 0 saturated carbocycles. The molecule has 34 heavy (non-hydrogen) atoms. The SMILES string of the molecule is COP(=O)(O)Oc1c(C)c(C)c2c(c1C)CCC(C)(CCCCCCCCCCCC(C)C)O2. The Balaban J connectivity index is 1.81. The van der Waals surface area contributed by atoms with E-state index in [9.17, 15) is 9.46 Å². The van der Waals surface area contributed by atoms with Crippen molar-refractivity contribution in [3.63, 3.8) is 0 Å². The van der Waals surface area contributed by atoms with Gasteiger partial charge in [-0.1, -0.05) is 71.6 Å². The molecule has 5 nitrogen and oxygen atoms in total. The first-order valence-corrected chi connectivity index (χ1v) is 14.9. The molecule has 0 amide bonds. The Labute approximate surface area is 208 Å². The molecule has 0 aliphatic carbocycles. The van der Waals surface area contributed by atoms with Gasteiger partial charge in [0.05, 0.1) is 0 Å². The minimum absolute atomic E-state index is 0.159. The van der Waals surface area contributed by atoms with Crippen LogP contribution < -0.4 is 9.26 Å². The van der Waals surface area contributed by atoms with E-state index in [1.165, 1.54) is 71.3 Å². The fourth-order valence-electron chi connectivity index (χ4n) is 5.04. The standard InChI is InChI=1S/C28H49O5P/c1-21(2)17-15-13-11-9-8-10-12-14-16-19-28(6)20-18-25-24(5)26(33-34(29,30)31-7)22(3)23(4)27(25)32-28/h21H,8-20H2,1-7H3,(H,29,30). The van der Waals surface area contributed by atoms with E-state index in [-0.39, 0.29) is 5.60 Å². The van der Waals surface area contributed by atoms with Crippen molar-refractivity contribution in [2.75, 3.05) is 7.11 Å². The lowest BCUT2D eigenvalue weighted by atomic mass is 9.84. The molecule has 6 heteroatoms. The minimum Gasteiger partial charge on any atom is -0.487 e. The lowest BCUT2D eigenvalue weighted by Crippen LogP contribution is -2.37. The predicted molar refractivity (Wildman–Crippen MR) is 141 cm³/mol. The Hall–Kier alpha value is -1.03. The van der Waals surface area contributed by atoms with Crippen molar-refractivity contribution in [3.8, 4) is 11.5 Å². The van der Waals surface area contributed by atoms with E-state index >= 15 is 0 Å². The third-order valence-electron chi connectivity index (χ3n) is 7.49. The van der Waals surface area contributed by atoms with Crippen LogP contribution in [0.2, 0.25) is 0 Å². The summed E-state index contributed by atoms with van der Waals surface area (Å²) in [7, 11) is -2.93. The quantitative estimate of drug-likeness (QED) is 0.194. The molecule has 0 fully saturated rings. The number of hydrogen-bond donors (Lipinski definition) is 1. The van der Waals surface area contributed by atoms with Gasteiger partial charge in [0.2, 0.25) is 0 Å². The number of fused-ring (bicyclic) bond motifs is 1. The lowest BCUT2D eigenvalue weighted by Gasteiger charge is -2.38. The van der Waals surface area contributed by atoms with Crippen LogP contribution in [0, 0.1) is 26.7 Å². The molecule has 1 aromatic carbocycles. The second-order valence-corrected chi connectivity index (χ2v) is 12.4. The maximum Gasteiger partial charge on any atom is 0.527 e. The number of ether oxygens (including phenoxy) is 1. The summed E-state index contributed by atoms with van der Waals surface area (Å²) in [5, 5.41) is 0. The summed E-state index contributed by atoms with van der Waals surface area (Å²) < 4.78 is 28.6. The molecule has 1 aliphatic heterocycles. The summed E-state index contributed by atoms with van der Waals surface area (Å²) >= 11 is 0. The Morgan fingerprint density at radius 3 is 2.06 bits per heavy atom. The van der Waals surface area contributed by atoms with Gasteiger partial charge in [-0.2, -0.15) is 0 Å². The summed E-state index contributed by atoms with van der Waals surface area (Å²) in [5.41, 5.74) is 3.60. The topological polar surface area (TPSA) is 65.0 Å². The molecule has 1 N–H and O–H groups in total. The summed E-state index contributed by atoms with van der Waals surface area (Å²) in [5.74, 6) is 2.21. The third kappa shape index (κ3) is 8.57. The zero-order valence-electron chi connectivity index (χ0n) is 22.8. The van der Waals surface area contributed by atoms with Gasteiger partial charge in [0.15, 0.2) is 0 Å². The number of phosphoric acid groups is 1. The molecule has 0 radical (unpaired) electrons. The van der Waals surface area contributed by atoms with Crippen molar-refractivity contribution in [2.24, 2.45) is 5.92 Å². The van der Waals surface area contributed by atoms with E-state index in [0.717, 1.165) is 53.2 Å². The highest BCUT2D eigenvalue weighted by Crippen LogP contribution is 2.50. The zero-order chi connectivity index (χ0) is 25.4. The lowest BCUT2D eigenvalue weighted by molar-refractivity contribution is 0.0522. The second kappa shape index (κ2) is 13.3. The third-order valence-corrected chi connectivity index (χ3v) is 8.36. The molecule has 1 aliphatic rings. The minimum atomic E-state index is -4.11. The molecule has 196 valence electrons. The highest BCUT2D eigenvalue weighted by atomic mass is 31.2. The van der Waals surface area contributed by atoms with Crippen LogP contribution >= 0.6 is 7.82 Å². The van der Waals surface area contributed by atoms with Crippen molar-refractivity contribution >= 4 is 7.82 Å². The zero-order valence-corrected chi connectivity index (χ0v) is 23.7. The van der Waals surface area contributed by atoms with E-state index in [0.29, 0.717) is 5.75 Å². The number of rotatable bonds is 15. The first-order valence-electron chi connectivity index (χ1n) is 13.4. The Kier molecular flexibility index (Phi) is 11.4. The van der Waals surface area contributed by atoms with Gasteiger partial charge in [0, 0.05) is 12.7 Å². The Morgan fingerprint density at radius 2 is 1.50 bits per heavy atom. The molecule has 0 bridgehead atoms. The fraction of sp³-hybridized carbons (Fsp3) is 0.786. The van der Waals surface area contributed by atoms with Gasteiger partial charge in [-0.15, -0.1) is 0 Å². The average Bonchev–Trinajstić information content (AvgIpc) is 2.78. The van der Waals surface area contributed by atoms with Gasteiger partial charge in [0.1, 0.15) is 17.1 Å². The van der Waals surface area contributed by atoms with Gasteiger partial charge in [-0.05, 0) is 76.0 Å². The van der Waals surface area contributed by atoms with Crippen LogP contribution in [-0.2, 0) is 15.5 Å². The summed E-state index contributed by atoms with van der Waals surface area (Å²) in [6, 6.07) is 0. The summed E-state index contributed by atoms with van der Waals surface area (Å²) in [6.07, 6.45) is 16.3. The Bertz CT molecular complexity index is 835. The second-order valence-electron chi connectivity index (χ2n) is 10.9. The molecule has 0 spiro atoms. The Morgan fingerprint density at radius 1 is 0.941 bits per heavy atom. The largest absolute Gasteiger partial charge is 0.527 e. The maximum absolute atomic E-state index is 12.0. The van der Waals surface area contributed by atoms with Crippen molar-refractivity contribution in [1.29, 1.82) is 0 Å². The number of benzene rings is 1. The van der Waals surface area contributed by atoms with E-state index in [1.807, 2.05) is 20.8 Å². The van der Waals surface area contributed by atoms with E-state index in [4.69, 9.17) is 9.26 Å². The van der Waals surface area contributed by atoms with Gasteiger partial charge in [-0.3, -0.25) is 9.42 Å². The van der Waals surface area contributed by atoms with E-state index < -0.39 is 7.82 Å². The van der Waals surface area contributed by atoms with Crippen molar-refractivity contribution in [3.05, 3.63) is 22.3 Å². The van der Waals surface area contributed by atoms with Crippen molar-refractivity contribution in [2.45, 2.75) is 131 Å². The molecule has 2 atom stereocenters. The van der Waals surface area contributed by atoms with Gasteiger partial charge in [-0.25, -0.2) is 4.57 Å². The maximum atomic E-state index is 12.0. The number of hydrogen-bond acceptors (Lipinski definition) is 4. The predicted octanol–water partition coefficient (Wildman–Crippen LogP) is 8.77. The van der Waals surface area contributed by atoms with Crippen LogP contribution in [0.25, 0.3) is 0 Å². The highest BCUT2D eigenvalue weighted by Gasteiger charge is 2.35. The van der Waals surface area contributed by atoms with Crippen LogP contribution in [-0.4, -0.2) is 17.6 Å². The number of phosphoric ester groups is 1. The van der Waals surface area contributed by atoms with Gasteiger partial charge >= 0.3 is 7.82 Å². The summed E-state index contributed by atoms with van der Waals surface area (Å²) in [4.78, 5) is 9.82. The van der Waals surface area contributed by atoms with Crippen LogP contribution in [0.3, 0.4) is 0 Å². The molecular weight excluding hydrogens is 447 g/mol. The van der Waals surface area contributed by atoms with Crippen LogP contribution in [0.1, 0.15) is 120 Å². The van der Waals surface area contributed by atoms with Crippen LogP contribution in [0.5, 0.6) is 11.5 Å². The molecule has 2 unspecified atom stereocenters. The number of unbranched alkanes of at least 4 members (excludes halogenated alkanes) is 8. The highest BCUT2D eigenvalue weighted by molar-refractivity contribution is 7.47. The van der Waals surface area contributed by atoms with Crippen LogP contribution in [0.4, 0.5) is 0 Å². The first-order chi connectivity index (χ1) is 16.0. The molecule has 1 heterocycles. The van der Waals surface area contributed by atoms with E-state index in [2.05, 4.69) is 25.3 Å². The van der Waals surface area contributed by atoms with Crippen molar-refractivity contribution in [1.82, 2.24) is 0 Å².